The van der Waals surface area contributed by atoms with Gasteiger partial charge in [0.2, 0.25) is 17.4 Å². The van der Waals surface area contributed by atoms with E-state index >= 15 is 0 Å². The number of anilines is 2. The molecule has 3 saturated heterocycles. The zero-order valence-electron chi connectivity index (χ0n) is 17.2. The molecule has 4 aliphatic rings. The molecule has 2 aromatic carbocycles. The fourth-order valence-corrected chi connectivity index (χ4v) is 7.17. The van der Waals surface area contributed by atoms with Crippen LogP contribution in [0, 0.1) is 11.8 Å². The summed E-state index contributed by atoms with van der Waals surface area (Å²) in [6.07, 6.45) is 1.83. The van der Waals surface area contributed by atoms with E-state index in [2.05, 4.69) is 15.9 Å². The number of nitrogens with zero attached hydrogens (tertiary/aromatic N) is 2. The molecule has 6 rings (SSSR count). The van der Waals surface area contributed by atoms with Gasteiger partial charge in [-0.05, 0) is 31.2 Å². The monoisotopic (exact) mass is 480 g/mol. The van der Waals surface area contributed by atoms with Crippen molar-refractivity contribution in [3.05, 3.63) is 58.6 Å². The molecule has 0 saturated carbocycles. The van der Waals surface area contributed by atoms with Crippen molar-refractivity contribution >= 4 is 45.0 Å². The van der Waals surface area contributed by atoms with Crippen LogP contribution in [0.2, 0.25) is 0 Å². The van der Waals surface area contributed by atoms with Gasteiger partial charge in [-0.1, -0.05) is 40.2 Å². The summed E-state index contributed by atoms with van der Waals surface area (Å²) in [5, 5.41) is 0. The van der Waals surface area contributed by atoms with E-state index in [1.54, 1.807) is 17.0 Å². The highest BCUT2D eigenvalue weighted by molar-refractivity contribution is 9.10. The third-order valence-electron chi connectivity index (χ3n) is 7.75. The molecule has 3 fully saturated rings. The largest absolute Gasteiger partial charge is 0.315 e. The number of carbonyl (C=O) groups excluding carboxylic acids is 3. The second-order valence-electron chi connectivity index (χ2n) is 8.89. The van der Waals surface area contributed by atoms with Crippen molar-refractivity contribution in [1.29, 1.82) is 0 Å². The number of benzene rings is 2. The van der Waals surface area contributed by atoms with Crippen LogP contribution in [0.5, 0.6) is 0 Å². The van der Waals surface area contributed by atoms with E-state index in [1.807, 2.05) is 43.3 Å². The van der Waals surface area contributed by atoms with Crippen LogP contribution in [0.1, 0.15) is 25.3 Å². The number of hydrogen-bond donors (Lipinski definition) is 1. The smallest absolute Gasteiger partial charge is 0.294 e. The van der Waals surface area contributed by atoms with Gasteiger partial charge in [0, 0.05) is 29.4 Å². The summed E-state index contributed by atoms with van der Waals surface area (Å²) in [5.74, 6) is -1.55. The molecule has 1 spiro atoms. The van der Waals surface area contributed by atoms with Crippen LogP contribution < -0.4 is 14.7 Å². The molecule has 5 atom stereocenters. The van der Waals surface area contributed by atoms with Gasteiger partial charge in [-0.15, -0.1) is 0 Å². The Morgan fingerprint density at radius 1 is 1.10 bits per heavy atom. The van der Waals surface area contributed by atoms with Crippen molar-refractivity contribution in [2.75, 3.05) is 22.9 Å². The number of rotatable bonds is 2. The maximum atomic E-state index is 14.1. The Hall–Kier alpha value is -2.51. The molecule has 158 valence electrons. The number of halogens is 1. The molecular formula is C24H23BrN3O3+. The molecule has 1 unspecified atom stereocenters. The number of para-hydroxylation sites is 1. The van der Waals surface area contributed by atoms with Gasteiger partial charge in [0.15, 0.2) is 0 Å². The summed E-state index contributed by atoms with van der Waals surface area (Å²) >= 11 is 3.45. The molecule has 1 N–H and O–H groups in total. The van der Waals surface area contributed by atoms with Gasteiger partial charge in [0.05, 0.1) is 17.9 Å². The first-order valence-corrected chi connectivity index (χ1v) is 11.7. The number of imide groups is 1. The zero-order valence-corrected chi connectivity index (χ0v) is 18.8. The standard InChI is InChI=1S/C24H22BrN3O3/c1-2-26-17-10-4-3-9-16(17)24(23(26)31)20-19(18-11-6-12-27(18)24)21(29)28(22(20)30)15-8-5-7-14(25)13-15/h3-5,7-10,13,18-20H,2,6,11-12H2,1H3/p+1/t18-,19+,20-,24+/m0/s1. The summed E-state index contributed by atoms with van der Waals surface area (Å²) in [6.45, 7) is 3.32. The Kier molecular flexibility index (Phi) is 4.02. The second-order valence-corrected chi connectivity index (χ2v) is 9.81. The maximum absolute atomic E-state index is 14.1. The van der Waals surface area contributed by atoms with Crippen LogP contribution in [0.25, 0.3) is 0 Å². The summed E-state index contributed by atoms with van der Waals surface area (Å²) in [5.41, 5.74) is 1.36. The number of likely N-dealkylation sites (N-methyl/N-ethyl adjacent to an activating group) is 1. The third-order valence-corrected chi connectivity index (χ3v) is 8.24. The number of hydrogen-bond acceptors (Lipinski definition) is 3. The van der Waals surface area contributed by atoms with Crippen LogP contribution in [-0.2, 0) is 19.9 Å². The number of carbonyl (C=O) groups is 3. The lowest BCUT2D eigenvalue weighted by Crippen LogP contribution is -3.20. The Balaban J connectivity index is 1.58. The lowest BCUT2D eigenvalue weighted by atomic mass is 9.75. The van der Waals surface area contributed by atoms with E-state index < -0.39 is 17.4 Å². The maximum Gasteiger partial charge on any atom is 0.294 e. The van der Waals surface area contributed by atoms with Crippen LogP contribution in [0.15, 0.2) is 53.0 Å². The Labute approximate surface area is 188 Å². The van der Waals surface area contributed by atoms with Gasteiger partial charge in [0.25, 0.3) is 5.91 Å². The van der Waals surface area contributed by atoms with Gasteiger partial charge in [-0.2, -0.15) is 0 Å². The highest BCUT2D eigenvalue weighted by Crippen LogP contribution is 2.53. The number of amides is 3. The highest BCUT2D eigenvalue weighted by Gasteiger charge is 2.79. The predicted octanol–water partition coefficient (Wildman–Crippen LogP) is 1.88. The minimum atomic E-state index is -1.01. The minimum Gasteiger partial charge on any atom is -0.315 e. The number of quaternary nitrogens is 1. The van der Waals surface area contributed by atoms with Crippen LogP contribution in [0.4, 0.5) is 11.4 Å². The van der Waals surface area contributed by atoms with Gasteiger partial charge in [-0.3, -0.25) is 14.4 Å². The summed E-state index contributed by atoms with van der Waals surface area (Å²) < 4.78 is 0.810. The number of nitrogens with one attached hydrogen (secondary N) is 1. The topological polar surface area (TPSA) is 62.1 Å². The SMILES string of the molecule is CCN1C(=O)[C@@]2(c3ccccc31)[C@@H]1C(=O)N(c3cccc(Br)c3)C(=O)[C@@H]1[C@@H]1CCC[NH+]12. The summed E-state index contributed by atoms with van der Waals surface area (Å²) in [4.78, 5) is 46.0. The molecule has 4 heterocycles. The molecule has 3 amide bonds. The first kappa shape index (κ1) is 19.2. The summed E-state index contributed by atoms with van der Waals surface area (Å²) in [6, 6.07) is 15.1. The van der Waals surface area contributed by atoms with E-state index in [1.165, 1.54) is 4.90 Å². The van der Waals surface area contributed by atoms with Crippen LogP contribution in [-0.4, -0.2) is 36.9 Å². The summed E-state index contributed by atoms with van der Waals surface area (Å²) in [7, 11) is 0. The van der Waals surface area contributed by atoms with Crippen molar-refractivity contribution in [3.8, 4) is 0 Å². The Morgan fingerprint density at radius 2 is 1.90 bits per heavy atom. The van der Waals surface area contributed by atoms with Crippen molar-refractivity contribution in [1.82, 2.24) is 0 Å². The molecule has 0 bridgehead atoms. The van der Waals surface area contributed by atoms with Crippen molar-refractivity contribution < 1.29 is 19.3 Å². The highest BCUT2D eigenvalue weighted by atomic mass is 79.9. The van der Waals surface area contributed by atoms with E-state index in [9.17, 15) is 14.4 Å². The average molecular weight is 481 g/mol. The molecule has 0 aliphatic carbocycles. The molecule has 0 radical (unpaired) electrons. The van der Waals surface area contributed by atoms with Gasteiger partial charge >= 0.3 is 0 Å². The van der Waals surface area contributed by atoms with E-state index in [4.69, 9.17) is 0 Å². The third kappa shape index (κ3) is 2.18. The fraction of sp³-hybridized carbons (Fsp3) is 0.375. The van der Waals surface area contributed by atoms with Gasteiger partial charge in [-0.25, -0.2) is 4.90 Å². The minimum absolute atomic E-state index is 0.00702. The Morgan fingerprint density at radius 3 is 2.68 bits per heavy atom. The zero-order chi connectivity index (χ0) is 21.5. The molecule has 31 heavy (non-hydrogen) atoms. The van der Waals surface area contributed by atoms with Crippen molar-refractivity contribution in [3.63, 3.8) is 0 Å². The van der Waals surface area contributed by atoms with E-state index in [0.29, 0.717) is 12.2 Å². The van der Waals surface area contributed by atoms with Crippen molar-refractivity contribution in [2.24, 2.45) is 11.8 Å². The molecule has 4 aliphatic heterocycles. The first-order valence-electron chi connectivity index (χ1n) is 10.9. The van der Waals surface area contributed by atoms with Crippen molar-refractivity contribution in [2.45, 2.75) is 31.3 Å². The molecule has 6 nitrogen and oxygen atoms in total. The predicted molar refractivity (Wildman–Crippen MR) is 119 cm³/mol. The molecule has 7 heteroatoms. The quantitative estimate of drug-likeness (QED) is 0.667. The second kappa shape index (κ2) is 6.50. The van der Waals surface area contributed by atoms with E-state index in [-0.39, 0.29) is 23.8 Å². The fourth-order valence-electron chi connectivity index (χ4n) is 6.78. The average Bonchev–Trinajstić information content (AvgIpc) is 3.45. The lowest BCUT2D eigenvalue weighted by Gasteiger charge is -2.34. The van der Waals surface area contributed by atoms with Gasteiger partial charge in [0.1, 0.15) is 17.9 Å². The molecule has 2 aromatic rings. The van der Waals surface area contributed by atoms with Crippen LogP contribution >= 0.6 is 15.9 Å². The molecular weight excluding hydrogens is 458 g/mol. The number of fused-ring (bicyclic) bond motifs is 7. The first-order chi connectivity index (χ1) is 15.0. The van der Waals surface area contributed by atoms with Crippen LogP contribution in [0.3, 0.4) is 0 Å². The van der Waals surface area contributed by atoms with E-state index in [0.717, 1.165) is 40.0 Å². The molecule has 0 aromatic heterocycles. The van der Waals surface area contributed by atoms with Gasteiger partial charge < -0.3 is 9.80 Å². The Bertz CT molecular complexity index is 1150. The lowest BCUT2D eigenvalue weighted by molar-refractivity contribution is -0.948. The normalized spacial score (nSPS) is 33.4.